The van der Waals surface area contributed by atoms with Gasteiger partial charge in [0, 0.05) is 6.54 Å². The van der Waals surface area contributed by atoms with Crippen molar-refractivity contribution in [3.8, 4) is 11.5 Å². The number of carbonyl (C=O) groups is 1. The monoisotopic (exact) mass is 265 g/mol. The van der Waals surface area contributed by atoms with E-state index in [-0.39, 0.29) is 24.9 Å². The zero-order valence-corrected chi connectivity index (χ0v) is 11.5. The standard InChI is InChI=1S/C14H19NO4/c1-14(2,3)19-8-13(16)15-7-10-4-5-11-12(6-10)18-9-17-11/h4-6H,7-9H2,1-3H3,(H,15,16). The molecular weight excluding hydrogens is 246 g/mol. The Hall–Kier alpha value is -1.75. The van der Waals surface area contributed by atoms with Gasteiger partial charge < -0.3 is 19.5 Å². The molecule has 1 aliphatic rings. The highest BCUT2D eigenvalue weighted by molar-refractivity contribution is 5.77. The van der Waals surface area contributed by atoms with Gasteiger partial charge in [0.2, 0.25) is 12.7 Å². The van der Waals surface area contributed by atoms with Crippen molar-refractivity contribution < 1.29 is 19.0 Å². The Bertz CT molecular complexity index is 465. The Kier molecular flexibility index (Phi) is 3.95. The minimum atomic E-state index is -0.309. The number of rotatable bonds is 4. The van der Waals surface area contributed by atoms with Crippen LogP contribution in [-0.4, -0.2) is 24.9 Å². The van der Waals surface area contributed by atoms with Crippen LogP contribution in [0.2, 0.25) is 0 Å². The fourth-order valence-corrected chi connectivity index (χ4v) is 1.58. The number of hydrogen-bond donors (Lipinski definition) is 1. The molecule has 5 heteroatoms. The lowest BCUT2D eigenvalue weighted by Crippen LogP contribution is -2.31. The molecule has 0 bridgehead atoms. The van der Waals surface area contributed by atoms with Crippen molar-refractivity contribution >= 4 is 5.91 Å². The number of benzene rings is 1. The second-order valence-corrected chi connectivity index (χ2v) is 5.37. The highest BCUT2D eigenvalue weighted by atomic mass is 16.7. The van der Waals surface area contributed by atoms with Gasteiger partial charge in [-0.1, -0.05) is 6.07 Å². The molecule has 0 saturated heterocycles. The van der Waals surface area contributed by atoms with Crippen molar-refractivity contribution in [2.45, 2.75) is 32.9 Å². The van der Waals surface area contributed by atoms with Crippen molar-refractivity contribution in [1.29, 1.82) is 0 Å². The van der Waals surface area contributed by atoms with Gasteiger partial charge in [0.25, 0.3) is 0 Å². The molecule has 2 rings (SSSR count). The van der Waals surface area contributed by atoms with Crippen LogP contribution in [0.15, 0.2) is 18.2 Å². The van der Waals surface area contributed by atoms with Crippen LogP contribution in [0, 0.1) is 0 Å². The van der Waals surface area contributed by atoms with Crippen LogP contribution < -0.4 is 14.8 Å². The maximum atomic E-state index is 11.6. The average Bonchev–Trinajstić information content (AvgIpc) is 2.80. The highest BCUT2D eigenvalue weighted by Crippen LogP contribution is 2.32. The molecule has 0 saturated carbocycles. The molecule has 104 valence electrons. The molecule has 0 fully saturated rings. The number of carbonyl (C=O) groups excluding carboxylic acids is 1. The fraction of sp³-hybridized carbons (Fsp3) is 0.500. The molecule has 5 nitrogen and oxygen atoms in total. The quantitative estimate of drug-likeness (QED) is 0.902. The molecule has 1 aromatic rings. The van der Waals surface area contributed by atoms with Crippen LogP contribution in [0.3, 0.4) is 0 Å². The molecule has 0 radical (unpaired) electrons. The summed E-state index contributed by atoms with van der Waals surface area (Å²) < 4.78 is 15.9. The SMILES string of the molecule is CC(C)(C)OCC(=O)NCc1ccc2c(c1)OCO2. The van der Waals surface area contributed by atoms with E-state index in [1.807, 2.05) is 39.0 Å². The Morgan fingerprint density at radius 3 is 2.79 bits per heavy atom. The summed E-state index contributed by atoms with van der Waals surface area (Å²) in [4.78, 5) is 11.6. The number of amides is 1. The smallest absolute Gasteiger partial charge is 0.246 e. The maximum Gasteiger partial charge on any atom is 0.246 e. The Morgan fingerprint density at radius 1 is 1.32 bits per heavy atom. The van der Waals surface area contributed by atoms with Gasteiger partial charge in [0.15, 0.2) is 11.5 Å². The van der Waals surface area contributed by atoms with E-state index in [4.69, 9.17) is 14.2 Å². The first-order valence-corrected chi connectivity index (χ1v) is 6.23. The van der Waals surface area contributed by atoms with Crippen LogP contribution in [0.25, 0.3) is 0 Å². The summed E-state index contributed by atoms with van der Waals surface area (Å²) in [6.45, 7) is 6.51. The minimum absolute atomic E-state index is 0.0635. The molecule has 1 aliphatic heterocycles. The van der Waals surface area contributed by atoms with Gasteiger partial charge in [-0.15, -0.1) is 0 Å². The van der Waals surface area contributed by atoms with Crippen LogP contribution in [-0.2, 0) is 16.1 Å². The van der Waals surface area contributed by atoms with Crippen LogP contribution >= 0.6 is 0 Å². The molecule has 1 aromatic carbocycles. The molecule has 19 heavy (non-hydrogen) atoms. The van der Waals surface area contributed by atoms with Gasteiger partial charge in [-0.2, -0.15) is 0 Å². The minimum Gasteiger partial charge on any atom is -0.454 e. The van der Waals surface area contributed by atoms with Crippen molar-refractivity contribution in [3.63, 3.8) is 0 Å². The molecule has 0 unspecified atom stereocenters. The lowest BCUT2D eigenvalue weighted by Gasteiger charge is -2.19. The van der Waals surface area contributed by atoms with E-state index in [0.717, 1.165) is 17.1 Å². The summed E-state index contributed by atoms with van der Waals surface area (Å²) in [5.41, 5.74) is 0.657. The van der Waals surface area contributed by atoms with E-state index >= 15 is 0 Å². The first-order valence-electron chi connectivity index (χ1n) is 6.23. The number of fused-ring (bicyclic) bond motifs is 1. The average molecular weight is 265 g/mol. The predicted molar refractivity (Wildman–Crippen MR) is 70.1 cm³/mol. The van der Waals surface area contributed by atoms with Gasteiger partial charge in [-0.3, -0.25) is 4.79 Å². The van der Waals surface area contributed by atoms with Crippen LogP contribution in [0.4, 0.5) is 0 Å². The summed E-state index contributed by atoms with van der Waals surface area (Å²) in [7, 11) is 0. The summed E-state index contributed by atoms with van der Waals surface area (Å²) >= 11 is 0. The predicted octanol–water partition coefficient (Wildman–Crippen LogP) is 1.85. The first-order chi connectivity index (χ1) is 8.94. The van der Waals surface area contributed by atoms with Crippen molar-refractivity contribution in [2.75, 3.05) is 13.4 Å². The second-order valence-electron chi connectivity index (χ2n) is 5.37. The van der Waals surface area contributed by atoms with Crippen molar-refractivity contribution in [3.05, 3.63) is 23.8 Å². The van der Waals surface area contributed by atoms with E-state index in [0.29, 0.717) is 6.54 Å². The van der Waals surface area contributed by atoms with Gasteiger partial charge >= 0.3 is 0 Å². The molecule has 0 atom stereocenters. The van der Waals surface area contributed by atoms with E-state index in [2.05, 4.69) is 5.32 Å². The first kappa shape index (κ1) is 13.7. The molecular formula is C14H19NO4. The summed E-state index contributed by atoms with van der Waals surface area (Å²) in [6, 6.07) is 5.61. The zero-order valence-electron chi connectivity index (χ0n) is 11.5. The molecule has 1 heterocycles. The largest absolute Gasteiger partial charge is 0.454 e. The summed E-state index contributed by atoms with van der Waals surface area (Å²) in [5.74, 6) is 1.33. The lowest BCUT2D eigenvalue weighted by molar-refractivity contribution is -0.130. The number of nitrogens with one attached hydrogen (secondary N) is 1. The normalized spacial score (nSPS) is 13.4. The zero-order chi connectivity index (χ0) is 13.9. The maximum absolute atomic E-state index is 11.6. The summed E-state index contributed by atoms with van der Waals surface area (Å²) in [6.07, 6.45) is 0. The molecule has 0 aliphatic carbocycles. The van der Waals surface area contributed by atoms with E-state index < -0.39 is 0 Å². The molecule has 1 amide bonds. The van der Waals surface area contributed by atoms with Crippen LogP contribution in [0.1, 0.15) is 26.3 Å². The number of hydrogen-bond acceptors (Lipinski definition) is 4. The van der Waals surface area contributed by atoms with Gasteiger partial charge in [-0.05, 0) is 38.5 Å². The lowest BCUT2D eigenvalue weighted by atomic mass is 10.2. The molecule has 0 spiro atoms. The fourth-order valence-electron chi connectivity index (χ4n) is 1.58. The molecule has 1 N–H and O–H groups in total. The van der Waals surface area contributed by atoms with Crippen molar-refractivity contribution in [1.82, 2.24) is 5.32 Å². The van der Waals surface area contributed by atoms with Crippen molar-refractivity contribution in [2.24, 2.45) is 0 Å². The highest BCUT2D eigenvalue weighted by Gasteiger charge is 2.14. The summed E-state index contributed by atoms with van der Waals surface area (Å²) in [5, 5.41) is 2.80. The third kappa shape index (κ3) is 4.13. The topological polar surface area (TPSA) is 56.8 Å². The second kappa shape index (κ2) is 5.48. The van der Waals surface area contributed by atoms with E-state index in [9.17, 15) is 4.79 Å². The Balaban J connectivity index is 1.81. The molecule has 0 aromatic heterocycles. The van der Waals surface area contributed by atoms with Gasteiger partial charge in [0.05, 0.1) is 5.60 Å². The van der Waals surface area contributed by atoms with Gasteiger partial charge in [-0.25, -0.2) is 0 Å². The third-order valence-electron chi connectivity index (χ3n) is 2.56. The number of ether oxygens (including phenoxy) is 3. The Morgan fingerprint density at radius 2 is 2.05 bits per heavy atom. The van der Waals surface area contributed by atoms with E-state index in [1.165, 1.54) is 0 Å². The Labute approximate surface area is 112 Å². The van der Waals surface area contributed by atoms with E-state index in [1.54, 1.807) is 0 Å². The van der Waals surface area contributed by atoms with Crippen LogP contribution in [0.5, 0.6) is 11.5 Å². The third-order valence-corrected chi connectivity index (χ3v) is 2.56. The van der Waals surface area contributed by atoms with Gasteiger partial charge in [0.1, 0.15) is 6.61 Å².